The molecule has 0 spiro atoms. The Morgan fingerprint density at radius 1 is 0.538 bits per heavy atom. The zero-order valence-electron chi connectivity index (χ0n) is 17.6. The second-order valence-electron chi connectivity index (χ2n) is 7.08. The molecule has 0 aliphatic rings. The Hall–Kier alpha value is -0.610. The Bertz CT molecular complexity index is 281. The third-order valence-electron chi connectivity index (χ3n) is 4.49. The van der Waals surface area contributed by atoms with Crippen LogP contribution in [0, 0.1) is 0 Å². The number of esters is 1. The van der Waals surface area contributed by atoms with Gasteiger partial charge < -0.3 is 14.2 Å². The van der Waals surface area contributed by atoms with Crippen LogP contribution in [0.1, 0.15) is 104 Å². The molecule has 4 nitrogen and oxygen atoms in total. The molecular formula is C22H44O4. The molecule has 0 amide bonds. The largest absolute Gasteiger partial charge is 0.463 e. The minimum Gasteiger partial charge on any atom is -0.463 e. The first-order valence-electron chi connectivity index (χ1n) is 11.1. The molecule has 0 saturated heterocycles. The Morgan fingerprint density at radius 2 is 1.00 bits per heavy atom. The van der Waals surface area contributed by atoms with E-state index in [1.165, 1.54) is 64.2 Å². The monoisotopic (exact) mass is 372 g/mol. The van der Waals surface area contributed by atoms with Crippen molar-refractivity contribution < 1.29 is 19.0 Å². The highest BCUT2D eigenvalue weighted by Crippen LogP contribution is 2.08. The summed E-state index contributed by atoms with van der Waals surface area (Å²) in [5, 5.41) is 0. The van der Waals surface area contributed by atoms with Crippen LogP contribution in [0.3, 0.4) is 0 Å². The number of carbonyl (C=O) groups excluding carboxylic acids is 1. The summed E-state index contributed by atoms with van der Waals surface area (Å²) in [7, 11) is 0. The molecule has 0 rings (SSSR count). The maximum absolute atomic E-state index is 11.6. The van der Waals surface area contributed by atoms with Gasteiger partial charge in [0.25, 0.3) is 0 Å². The molecule has 0 aromatic heterocycles. The first-order chi connectivity index (χ1) is 12.8. The SMILES string of the molecule is CCCCCCCCCC(=O)OCCOCCOCCCCCCCC. The molecule has 0 fully saturated rings. The average Bonchev–Trinajstić information content (AvgIpc) is 2.64. The highest BCUT2D eigenvalue weighted by atomic mass is 16.6. The molecule has 0 aliphatic heterocycles. The van der Waals surface area contributed by atoms with E-state index < -0.39 is 0 Å². The van der Waals surface area contributed by atoms with Crippen molar-refractivity contribution in [3.63, 3.8) is 0 Å². The molecular weight excluding hydrogens is 328 g/mol. The van der Waals surface area contributed by atoms with Crippen molar-refractivity contribution in [1.82, 2.24) is 0 Å². The minimum atomic E-state index is -0.0959. The van der Waals surface area contributed by atoms with E-state index in [0.717, 1.165) is 25.9 Å². The molecule has 0 aliphatic carbocycles. The number of carbonyl (C=O) groups is 1. The van der Waals surface area contributed by atoms with Gasteiger partial charge in [0.15, 0.2) is 0 Å². The fraction of sp³-hybridized carbons (Fsp3) is 0.955. The normalized spacial score (nSPS) is 11.0. The lowest BCUT2D eigenvalue weighted by Crippen LogP contribution is -2.13. The highest BCUT2D eigenvalue weighted by molar-refractivity contribution is 5.69. The lowest BCUT2D eigenvalue weighted by molar-refractivity contribution is -0.145. The van der Waals surface area contributed by atoms with Crippen LogP contribution >= 0.6 is 0 Å². The zero-order valence-corrected chi connectivity index (χ0v) is 17.6. The zero-order chi connectivity index (χ0) is 19.1. The molecule has 0 aromatic carbocycles. The summed E-state index contributed by atoms with van der Waals surface area (Å²) >= 11 is 0. The van der Waals surface area contributed by atoms with E-state index in [1.807, 2.05) is 0 Å². The fourth-order valence-electron chi connectivity index (χ4n) is 2.82. The Kier molecular flexibility index (Phi) is 21.9. The molecule has 0 atom stereocenters. The van der Waals surface area contributed by atoms with Crippen molar-refractivity contribution in [3.05, 3.63) is 0 Å². The Labute approximate surface area is 162 Å². The molecule has 0 bridgehead atoms. The number of rotatable bonds is 21. The molecule has 0 heterocycles. The van der Waals surface area contributed by atoms with Gasteiger partial charge in [-0.2, -0.15) is 0 Å². The summed E-state index contributed by atoms with van der Waals surface area (Å²) in [6, 6.07) is 0. The van der Waals surface area contributed by atoms with Crippen molar-refractivity contribution in [1.29, 1.82) is 0 Å². The van der Waals surface area contributed by atoms with Gasteiger partial charge in [-0.25, -0.2) is 0 Å². The minimum absolute atomic E-state index is 0.0959. The van der Waals surface area contributed by atoms with Crippen molar-refractivity contribution in [2.24, 2.45) is 0 Å². The van der Waals surface area contributed by atoms with Crippen LogP contribution in [0.15, 0.2) is 0 Å². The topological polar surface area (TPSA) is 44.8 Å². The van der Waals surface area contributed by atoms with Crippen molar-refractivity contribution >= 4 is 5.97 Å². The van der Waals surface area contributed by atoms with Gasteiger partial charge in [-0.3, -0.25) is 4.79 Å². The van der Waals surface area contributed by atoms with Crippen LogP contribution in [0.25, 0.3) is 0 Å². The lowest BCUT2D eigenvalue weighted by atomic mass is 10.1. The van der Waals surface area contributed by atoms with Crippen LogP contribution in [0.4, 0.5) is 0 Å². The molecule has 156 valence electrons. The fourth-order valence-corrected chi connectivity index (χ4v) is 2.82. The Balaban J connectivity index is 3.12. The first kappa shape index (κ1) is 25.4. The van der Waals surface area contributed by atoms with Gasteiger partial charge in [-0.15, -0.1) is 0 Å². The average molecular weight is 373 g/mol. The van der Waals surface area contributed by atoms with E-state index in [-0.39, 0.29) is 5.97 Å². The van der Waals surface area contributed by atoms with E-state index in [4.69, 9.17) is 14.2 Å². The summed E-state index contributed by atoms with van der Waals surface area (Å²) in [6.45, 7) is 7.30. The molecule has 4 heteroatoms. The lowest BCUT2D eigenvalue weighted by Gasteiger charge is -2.07. The van der Waals surface area contributed by atoms with Gasteiger partial charge in [-0.1, -0.05) is 84.5 Å². The van der Waals surface area contributed by atoms with E-state index in [9.17, 15) is 4.79 Å². The van der Waals surface area contributed by atoms with Gasteiger partial charge >= 0.3 is 5.97 Å². The van der Waals surface area contributed by atoms with Crippen LogP contribution in [0.2, 0.25) is 0 Å². The number of hydrogen-bond acceptors (Lipinski definition) is 4. The second-order valence-corrected chi connectivity index (χ2v) is 7.08. The first-order valence-corrected chi connectivity index (χ1v) is 11.1. The summed E-state index contributed by atoms with van der Waals surface area (Å²) in [6.07, 6.45) is 16.8. The molecule has 0 radical (unpaired) electrons. The Morgan fingerprint density at radius 3 is 1.62 bits per heavy atom. The number of ether oxygens (including phenoxy) is 3. The van der Waals surface area contributed by atoms with Crippen LogP contribution in [-0.2, 0) is 19.0 Å². The van der Waals surface area contributed by atoms with Crippen LogP contribution in [0.5, 0.6) is 0 Å². The predicted molar refractivity (Wildman–Crippen MR) is 109 cm³/mol. The van der Waals surface area contributed by atoms with E-state index in [1.54, 1.807) is 0 Å². The van der Waals surface area contributed by atoms with Crippen molar-refractivity contribution in [3.8, 4) is 0 Å². The second kappa shape index (κ2) is 22.4. The van der Waals surface area contributed by atoms with Gasteiger partial charge in [0.2, 0.25) is 0 Å². The maximum Gasteiger partial charge on any atom is 0.305 e. The summed E-state index contributed by atoms with van der Waals surface area (Å²) in [4.78, 5) is 11.6. The third-order valence-corrected chi connectivity index (χ3v) is 4.49. The molecule has 0 saturated carbocycles. The number of hydrogen-bond donors (Lipinski definition) is 0. The van der Waals surface area contributed by atoms with Gasteiger partial charge in [0.05, 0.1) is 19.8 Å². The van der Waals surface area contributed by atoms with Crippen LogP contribution < -0.4 is 0 Å². The molecule has 0 aromatic rings. The van der Waals surface area contributed by atoms with E-state index >= 15 is 0 Å². The molecule has 0 N–H and O–H groups in total. The summed E-state index contributed by atoms with van der Waals surface area (Å²) in [5.74, 6) is -0.0959. The number of unbranched alkanes of at least 4 members (excludes halogenated alkanes) is 11. The van der Waals surface area contributed by atoms with Gasteiger partial charge in [0, 0.05) is 13.0 Å². The molecule has 0 unspecified atom stereocenters. The third kappa shape index (κ3) is 21.4. The predicted octanol–water partition coefficient (Wildman–Crippen LogP) is 6.06. The van der Waals surface area contributed by atoms with Gasteiger partial charge in [-0.05, 0) is 12.8 Å². The standard InChI is InChI=1S/C22H44O4/c1-3-5-7-9-11-12-14-16-22(23)26-21-20-25-19-18-24-17-15-13-10-8-6-4-2/h3-21H2,1-2H3. The summed E-state index contributed by atoms with van der Waals surface area (Å²) < 4.78 is 16.1. The van der Waals surface area contributed by atoms with Crippen molar-refractivity contribution in [2.45, 2.75) is 104 Å². The molecule has 26 heavy (non-hydrogen) atoms. The van der Waals surface area contributed by atoms with E-state index in [2.05, 4.69) is 13.8 Å². The smallest absolute Gasteiger partial charge is 0.305 e. The summed E-state index contributed by atoms with van der Waals surface area (Å²) in [5.41, 5.74) is 0. The van der Waals surface area contributed by atoms with Gasteiger partial charge in [0.1, 0.15) is 6.61 Å². The van der Waals surface area contributed by atoms with Crippen LogP contribution in [-0.4, -0.2) is 39.0 Å². The highest BCUT2D eigenvalue weighted by Gasteiger charge is 2.02. The maximum atomic E-state index is 11.6. The van der Waals surface area contributed by atoms with Crippen molar-refractivity contribution in [2.75, 3.05) is 33.0 Å². The quantitative estimate of drug-likeness (QED) is 0.181. The van der Waals surface area contributed by atoms with E-state index in [0.29, 0.717) is 32.8 Å².